The quantitative estimate of drug-likeness (QED) is 0.559. The Morgan fingerprint density at radius 1 is 1.05 bits per heavy atom. The van der Waals surface area contributed by atoms with Gasteiger partial charge >= 0.3 is 6.36 Å². The molecule has 3 fully saturated rings. The number of hydrogen-bond acceptors (Lipinski definition) is 5. The Morgan fingerprint density at radius 3 is 2.55 bits per heavy atom. The number of ether oxygens (including phenoxy) is 3. The van der Waals surface area contributed by atoms with Crippen molar-refractivity contribution in [2.75, 3.05) is 39.9 Å². The lowest BCUT2D eigenvalue weighted by molar-refractivity contribution is -0.274. The highest BCUT2D eigenvalue weighted by Gasteiger charge is 2.49. The fraction of sp³-hybridized carbons (Fsp3) is 0.500. The van der Waals surface area contributed by atoms with E-state index >= 15 is 0 Å². The van der Waals surface area contributed by atoms with Crippen LogP contribution in [0.5, 0.6) is 11.5 Å². The van der Waals surface area contributed by atoms with Crippen molar-refractivity contribution >= 4 is 11.8 Å². The highest BCUT2D eigenvalue weighted by molar-refractivity contribution is 5.83. The number of hydrogen-bond donors (Lipinski definition) is 0. The molecule has 0 radical (unpaired) electrons. The van der Waals surface area contributed by atoms with E-state index in [1.807, 2.05) is 29.2 Å². The van der Waals surface area contributed by atoms with Gasteiger partial charge < -0.3 is 24.0 Å². The summed E-state index contributed by atoms with van der Waals surface area (Å²) in [5.41, 5.74) is 0.940. The van der Waals surface area contributed by atoms with Gasteiger partial charge in [-0.1, -0.05) is 24.3 Å². The third-order valence-corrected chi connectivity index (χ3v) is 7.59. The molecule has 2 amide bonds. The second kappa shape index (κ2) is 10.5. The first-order chi connectivity index (χ1) is 18.1. The first-order valence-corrected chi connectivity index (χ1v) is 12.8. The van der Waals surface area contributed by atoms with Crippen LogP contribution in [0.25, 0.3) is 0 Å². The van der Waals surface area contributed by atoms with Crippen molar-refractivity contribution < 1.29 is 37.0 Å². The molecule has 1 aliphatic carbocycles. The molecule has 2 aromatic carbocycles. The lowest BCUT2D eigenvalue weighted by Gasteiger charge is -2.48. The maximum absolute atomic E-state index is 13.4. The number of morpholine rings is 1. The minimum atomic E-state index is -4.79. The minimum absolute atomic E-state index is 0.0423. The van der Waals surface area contributed by atoms with Crippen LogP contribution in [0.3, 0.4) is 0 Å². The molecule has 38 heavy (non-hydrogen) atoms. The van der Waals surface area contributed by atoms with Gasteiger partial charge in [-0.3, -0.25) is 9.59 Å². The summed E-state index contributed by atoms with van der Waals surface area (Å²) in [5, 5.41) is 0. The number of methoxy groups -OCH3 is 1. The molecule has 3 atom stereocenters. The highest BCUT2D eigenvalue weighted by Crippen LogP contribution is 2.49. The summed E-state index contributed by atoms with van der Waals surface area (Å²) in [7, 11) is 1.62. The van der Waals surface area contributed by atoms with Crippen LogP contribution in [0.1, 0.15) is 36.3 Å². The van der Waals surface area contributed by atoms with Crippen LogP contribution in [-0.4, -0.2) is 73.5 Å². The maximum Gasteiger partial charge on any atom is 0.573 e. The highest BCUT2D eigenvalue weighted by atomic mass is 19.4. The normalized spacial score (nSPS) is 25.3. The average Bonchev–Trinajstić information content (AvgIpc) is 3.69. The van der Waals surface area contributed by atoms with E-state index in [9.17, 15) is 22.8 Å². The first kappa shape index (κ1) is 26.3. The molecule has 2 saturated heterocycles. The second-order valence-corrected chi connectivity index (χ2v) is 10.3. The molecule has 7 nitrogen and oxygen atoms in total. The Hall–Kier alpha value is -3.27. The van der Waals surface area contributed by atoms with Gasteiger partial charge in [0.1, 0.15) is 17.1 Å². The van der Waals surface area contributed by atoms with Crippen LogP contribution in [0.15, 0.2) is 48.5 Å². The van der Waals surface area contributed by atoms with Gasteiger partial charge in [-0.05, 0) is 60.6 Å². The summed E-state index contributed by atoms with van der Waals surface area (Å²) in [6, 6.07) is 13.3. The van der Waals surface area contributed by atoms with E-state index in [1.165, 1.54) is 18.2 Å². The summed E-state index contributed by atoms with van der Waals surface area (Å²) < 4.78 is 53.1. The predicted molar refractivity (Wildman–Crippen MR) is 132 cm³/mol. The van der Waals surface area contributed by atoms with Crippen molar-refractivity contribution in [1.82, 2.24) is 9.80 Å². The van der Waals surface area contributed by atoms with E-state index in [1.54, 1.807) is 18.1 Å². The van der Waals surface area contributed by atoms with Gasteiger partial charge in [-0.15, -0.1) is 13.2 Å². The maximum atomic E-state index is 13.4. The molecule has 1 saturated carbocycles. The Bertz CT molecular complexity index is 1170. The number of carbonyl (C=O) groups is 2. The molecule has 3 aliphatic rings. The SMILES string of the molecule is COc1ccc(C2CC2C(=O)N2CCCC3(CN(C(=O)Cc4cccc(OC(F)(F)F)c4)CCO3)C2)cc1. The van der Waals surface area contributed by atoms with E-state index in [4.69, 9.17) is 9.47 Å². The summed E-state index contributed by atoms with van der Waals surface area (Å²) in [4.78, 5) is 30.0. The van der Waals surface area contributed by atoms with Crippen molar-refractivity contribution in [1.29, 1.82) is 0 Å². The average molecular weight is 533 g/mol. The largest absolute Gasteiger partial charge is 0.573 e. The number of benzene rings is 2. The van der Waals surface area contributed by atoms with Gasteiger partial charge in [-0.2, -0.15) is 0 Å². The van der Waals surface area contributed by atoms with Crippen LogP contribution in [0, 0.1) is 5.92 Å². The fourth-order valence-electron chi connectivity index (χ4n) is 5.65. The zero-order chi connectivity index (χ0) is 26.9. The molecule has 2 heterocycles. The molecule has 1 spiro atoms. The number of alkyl halides is 3. The third-order valence-electron chi connectivity index (χ3n) is 7.59. The first-order valence-electron chi connectivity index (χ1n) is 12.8. The molecule has 204 valence electrons. The number of carbonyl (C=O) groups excluding carboxylic acids is 2. The second-order valence-electron chi connectivity index (χ2n) is 10.3. The fourth-order valence-corrected chi connectivity index (χ4v) is 5.65. The summed E-state index contributed by atoms with van der Waals surface area (Å²) in [6.45, 7) is 2.19. The van der Waals surface area contributed by atoms with Crippen molar-refractivity contribution in [2.24, 2.45) is 5.92 Å². The van der Waals surface area contributed by atoms with Gasteiger partial charge in [0.15, 0.2) is 0 Å². The van der Waals surface area contributed by atoms with Gasteiger partial charge in [0, 0.05) is 19.0 Å². The molecular formula is C28H31F3N2O5. The molecule has 10 heteroatoms. The molecule has 5 rings (SSSR count). The van der Waals surface area contributed by atoms with Crippen molar-refractivity contribution in [3.8, 4) is 11.5 Å². The monoisotopic (exact) mass is 532 g/mol. The van der Waals surface area contributed by atoms with Crippen LogP contribution < -0.4 is 9.47 Å². The zero-order valence-electron chi connectivity index (χ0n) is 21.2. The summed E-state index contributed by atoms with van der Waals surface area (Å²) >= 11 is 0. The van der Waals surface area contributed by atoms with Crippen LogP contribution in [-0.2, 0) is 20.7 Å². The molecule has 2 aromatic rings. The molecule has 3 unspecified atom stereocenters. The van der Waals surface area contributed by atoms with E-state index in [2.05, 4.69) is 4.74 Å². The lowest BCUT2D eigenvalue weighted by Crippen LogP contribution is -2.61. The standard InChI is InChI=1S/C28H31F3N2O5/c1-36-21-8-6-20(7-9-21)23-16-24(23)26(35)33-11-3-10-27(18-33)17-32(12-13-37-27)25(34)15-19-4-2-5-22(14-19)38-28(29,30)31/h2,4-9,14,23-24H,3,10-13,15-18H2,1H3. The summed E-state index contributed by atoms with van der Waals surface area (Å²) in [5.74, 6) is 0.516. The minimum Gasteiger partial charge on any atom is -0.497 e. The van der Waals surface area contributed by atoms with Gasteiger partial charge in [0.2, 0.25) is 11.8 Å². The Labute approximate surface area is 219 Å². The van der Waals surface area contributed by atoms with Crippen molar-refractivity contribution in [3.63, 3.8) is 0 Å². The molecule has 0 aromatic heterocycles. The molecule has 0 N–H and O–H groups in total. The van der Waals surface area contributed by atoms with Crippen LogP contribution in [0.2, 0.25) is 0 Å². The van der Waals surface area contributed by atoms with E-state index in [-0.39, 0.29) is 35.8 Å². The summed E-state index contributed by atoms with van der Waals surface area (Å²) in [6.07, 6.45) is -2.50. The van der Waals surface area contributed by atoms with E-state index in [0.29, 0.717) is 38.3 Å². The van der Waals surface area contributed by atoms with Crippen molar-refractivity contribution in [3.05, 3.63) is 59.7 Å². The van der Waals surface area contributed by atoms with Crippen LogP contribution >= 0.6 is 0 Å². The Morgan fingerprint density at radius 2 is 1.82 bits per heavy atom. The number of amides is 2. The lowest BCUT2D eigenvalue weighted by atomic mass is 9.90. The number of halogens is 3. The molecule has 0 bridgehead atoms. The van der Waals surface area contributed by atoms with E-state index < -0.39 is 12.0 Å². The van der Waals surface area contributed by atoms with Crippen molar-refractivity contribution in [2.45, 2.75) is 43.6 Å². The Balaban J connectivity index is 1.19. The third kappa shape index (κ3) is 6.06. The topological polar surface area (TPSA) is 68.3 Å². The van der Waals surface area contributed by atoms with Crippen LogP contribution in [0.4, 0.5) is 13.2 Å². The van der Waals surface area contributed by atoms with E-state index in [0.717, 1.165) is 30.6 Å². The smallest absolute Gasteiger partial charge is 0.497 e. The number of piperidine rings is 1. The van der Waals surface area contributed by atoms with Gasteiger partial charge in [-0.25, -0.2) is 0 Å². The number of rotatable bonds is 6. The number of likely N-dealkylation sites (tertiary alicyclic amines) is 1. The Kier molecular flexibility index (Phi) is 7.26. The van der Waals surface area contributed by atoms with Gasteiger partial charge in [0.25, 0.3) is 0 Å². The molecule has 2 aliphatic heterocycles. The zero-order valence-corrected chi connectivity index (χ0v) is 21.2. The van der Waals surface area contributed by atoms with Gasteiger partial charge in [0.05, 0.1) is 33.2 Å². The number of nitrogens with zero attached hydrogens (tertiary/aromatic N) is 2. The molecular weight excluding hydrogens is 501 g/mol. The predicted octanol–water partition coefficient (Wildman–Crippen LogP) is 4.16.